The fourth-order valence-electron chi connectivity index (χ4n) is 2.21. The van der Waals surface area contributed by atoms with Crippen LogP contribution in [0.4, 0.5) is 0 Å². The van der Waals surface area contributed by atoms with Gasteiger partial charge in [0, 0.05) is 30.6 Å². The molecule has 1 aromatic heterocycles. The third-order valence-corrected chi connectivity index (χ3v) is 4.78. The van der Waals surface area contributed by atoms with E-state index in [1.54, 1.807) is 11.3 Å². The lowest BCUT2D eigenvalue weighted by Gasteiger charge is -2.31. The van der Waals surface area contributed by atoms with Crippen molar-refractivity contribution in [1.82, 2.24) is 10.2 Å². The van der Waals surface area contributed by atoms with Gasteiger partial charge in [0.1, 0.15) is 0 Å². The van der Waals surface area contributed by atoms with Crippen LogP contribution in [0.1, 0.15) is 17.7 Å². The summed E-state index contributed by atoms with van der Waals surface area (Å²) in [5.41, 5.74) is 5.20. The average Bonchev–Trinajstić information content (AvgIpc) is 2.74. The lowest BCUT2D eigenvalue weighted by molar-refractivity contribution is -0.119. The number of nitrogens with zero attached hydrogens (tertiary/aromatic N) is 1. The minimum Gasteiger partial charge on any atom is -0.369 e. The van der Waals surface area contributed by atoms with Crippen LogP contribution in [0.5, 0.6) is 0 Å². The van der Waals surface area contributed by atoms with Gasteiger partial charge in [-0.2, -0.15) is 0 Å². The van der Waals surface area contributed by atoms with Crippen LogP contribution in [-0.4, -0.2) is 36.5 Å². The Morgan fingerprint density at radius 2 is 2.22 bits per heavy atom. The van der Waals surface area contributed by atoms with Crippen molar-refractivity contribution in [2.24, 2.45) is 5.73 Å². The molecule has 0 saturated carbocycles. The molecule has 0 bridgehead atoms. The Morgan fingerprint density at radius 3 is 2.78 bits per heavy atom. The van der Waals surface area contributed by atoms with E-state index in [0.29, 0.717) is 12.6 Å². The van der Waals surface area contributed by atoms with Crippen LogP contribution in [0.3, 0.4) is 0 Å². The highest BCUT2D eigenvalue weighted by molar-refractivity contribution is 9.11. The number of hydrogen-bond donors (Lipinski definition) is 2. The van der Waals surface area contributed by atoms with E-state index in [0.717, 1.165) is 32.5 Å². The number of rotatable bonds is 5. The fourth-order valence-corrected chi connectivity index (χ4v) is 3.64. The largest absolute Gasteiger partial charge is 0.369 e. The maximum Gasteiger partial charge on any atom is 0.231 e. The topological polar surface area (TPSA) is 58.4 Å². The lowest BCUT2D eigenvalue weighted by atomic mass is 10.1. The highest BCUT2D eigenvalue weighted by atomic mass is 79.9. The van der Waals surface area contributed by atoms with E-state index in [2.05, 4.69) is 38.3 Å². The number of nitrogens with one attached hydrogen (secondary N) is 1. The molecule has 100 valence electrons. The normalized spacial score (nSPS) is 18.1. The number of thiophene rings is 1. The quantitative estimate of drug-likeness (QED) is 0.860. The summed E-state index contributed by atoms with van der Waals surface area (Å²) in [6.45, 7) is 3.23. The molecule has 1 aliphatic rings. The summed E-state index contributed by atoms with van der Waals surface area (Å²) in [5, 5.41) is 3.57. The highest BCUT2D eigenvalue weighted by Crippen LogP contribution is 2.22. The van der Waals surface area contributed by atoms with E-state index < -0.39 is 0 Å². The van der Waals surface area contributed by atoms with Crippen LogP contribution in [0, 0.1) is 0 Å². The summed E-state index contributed by atoms with van der Waals surface area (Å²) in [4.78, 5) is 14.3. The molecule has 2 heterocycles. The van der Waals surface area contributed by atoms with Crippen LogP contribution >= 0.6 is 27.3 Å². The van der Waals surface area contributed by atoms with Gasteiger partial charge in [-0.25, -0.2) is 0 Å². The second-order valence-electron chi connectivity index (χ2n) is 4.60. The molecular formula is C12H18BrN3OS. The summed E-state index contributed by atoms with van der Waals surface area (Å²) < 4.78 is 1.18. The van der Waals surface area contributed by atoms with E-state index in [9.17, 15) is 4.79 Å². The Balaban J connectivity index is 1.69. The summed E-state index contributed by atoms with van der Waals surface area (Å²) in [5.74, 6) is -0.232. The lowest BCUT2D eigenvalue weighted by Crippen LogP contribution is -2.44. The first-order valence-electron chi connectivity index (χ1n) is 6.12. The predicted octanol–water partition coefficient (Wildman–Crippen LogP) is 1.55. The molecule has 0 aliphatic carbocycles. The maximum absolute atomic E-state index is 10.8. The minimum atomic E-state index is -0.232. The number of amides is 1. The van der Waals surface area contributed by atoms with Gasteiger partial charge in [-0.1, -0.05) is 0 Å². The maximum atomic E-state index is 10.8. The molecule has 2 rings (SSSR count). The summed E-state index contributed by atoms with van der Waals surface area (Å²) >= 11 is 5.24. The molecule has 0 radical (unpaired) electrons. The van der Waals surface area contributed by atoms with Gasteiger partial charge in [0.25, 0.3) is 0 Å². The zero-order valence-electron chi connectivity index (χ0n) is 10.2. The smallest absolute Gasteiger partial charge is 0.231 e. The number of likely N-dealkylation sites (tertiary alicyclic amines) is 1. The first-order valence-corrected chi connectivity index (χ1v) is 7.72. The molecule has 0 atom stereocenters. The Hall–Kier alpha value is -0.430. The van der Waals surface area contributed by atoms with Crippen molar-refractivity contribution in [2.75, 3.05) is 19.6 Å². The molecule has 6 heteroatoms. The standard InChI is InChI=1S/C12H18BrN3OS/c13-11-2-1-10(18-11)7-15-9-3-5-16(6-4-9)8-12(14)17/h1-2,9,15H,3-8H2,(H2,14,17). The molecule has 1 fully saturated rings. The number of hydrogen-bond acceptors (Lipinski definition) is 4. The van der Waals surface area contributed by atoms with Gasteiger partial charge in [-0.05, 0) is 40.9 Å². The molecule has 1 aliphatic heterocycles. The minimum absolute atomic E-state index is 0.232. The van der Waals surface area contributed by atoms with Gasteiger partial charge >= 0.3 is 0 Å². The van der Waals surface area contributed by atoms with E-state index in [1.807, 2.05) is 0 Å². The number of primary amides is 1. The molecule has 1 saturated heterocycles. The monoisotopic (exact) mass is 331 g/mol. The van der Waals surface area contributed by atoms with Gasteiger partial charge in [0.05, 0.1) is 10.3 Å². The molecular weight excluding hydrogens is 314 g/mol. The Bertz CT molecular complexity index is 402. The summed E-state index contributed by atoms with van der Waals surface area (Å²) in [6, 6.07) is 4.77. The first kappa shape index (κ1) is 14.0. The van der Waals surface area contributed by atoms with Crippen molar-refractivity contribution in [3.05, 3.63) is 20.8 Å². The number of carbonyl (C=O) groups excluding carboxylic acids is 1. The van der Waals surface area contributed by atoms with Crippen molar-refractivity contribution in [3.63, 3.8) is 0 Å². The molecule has 0 aromatic carbocycles. The Morgan fingerprint density at radius 1 is 1.50 bits per heavy atom. The van der Waals surface area contributed by atoms with E-state index >= 15 is 0 Å². The summed E-state index contributed by atoms with van der Waals surface area (Å²) in [7, 11) is 0. The molecule has 18 heavy (non-hydrogen) atoms. The van der Waals surface area contributed by atoms with Gasteiger partial charge in [0.2, 0.25) is 5.91 Å². The van der Waals surface area contributed by atoms with Gasteiger partial charge in [0.15, 0.2) is 0 Å². The highest BCUT2D eigenvalue weighted by Gasteiger charge is 2.19. The van der Waals surface area contributed by atoms with Crippen molar-refractivity contribution >= 4 is 33.2 Å². The number of halogens is 1. The number of piperidine rings is 1. The Kier molecular flexibility index (Phi) is 5.17. The molecule has 3 N–H and O–H groups in total. The molecule has 1 amide bonds. The molecule has 1 aromatic rings. The van der Waals surface area contributed by atoms with Crippen molar-refractivity contribution < 1.29 is 4.79 Å². The zero-order chi connectivity index (χ0) is 13.0. The van der Waals surface area contributed by atoms with E-state index in [-0.39, 0.29) is 5.91 Å². The molecule has 4 nitrogen and oxygen atoms in total. The summed E-state index contributed by atoms with van der Waals surface area (Å²) in [6.07, 6.45) is 2.17. The molecule has 0 spiro atoms. The second-order valence-corrected chi connectivity index (χ2v) is 7.15. The number of carbonyl (C=O) groups is 1. The zero-order valence-corrected chi connectivity index (χ0v) is 12.6. The molecule has 0 unspecified atom stereocenters. The van der Waals surface area contributed by atoms with Crippen LogP contribution in [0.25, 0.3) is 0 Å². The van der Waals surface area contributed by atoms with Gasteiger partial charge < -0.3 is 11.1 Å². The van der Waals surface area contributed by atoms with Crippen molar-refractivity contribution in [2.45, 2.75) is 25.4 Å². The predicted molar refractivity (Wildman–Crippen MR) is 77.5 cm³/mol. The van der Waals surface area contributed by atoms with Crippen molar-refractivity contribution in [3.8, 4) is 0 Å². The first-order chi connectivity index (χ1) is 8.63. The van der Waals surface area contributed by atoms with Gasteiger partial charge in [-0.3, -0.25) is 9.69 Å². The second kappa shape index (κ2) is 6.65. The van der Waals surface area contributed by atoms with Crippen LogP contribution in [-0.2, 0) is 11.3 Å². The van der Waals surface area contributed by atoms with Gasteiger partial charge in [-0.15, -0.1) is 11.3 Å². The average molecular weight is 332 g/mol. The third kappa shape index (κ3) is 4.35. The Labute approximate surface area is 120 Å². The fraction of sp³-hybridized carbons (Fsp3) is 0.583. The number of nitrogens with two attached hydrogens (primary N) is 1. The SMILES string of the molecule is NC(=O)CN1CCC(NCc2ccc(Br)s2)CC1. The van der Waals surface area contributed by atoms with Crippen LogP contribution in [0.2, 0.25) is 0 Å². The van der Waals surface area contributed by atoms with Crippen LogP contribution < -0.4 is 11.1 Å². The van der Waals surface area contributed by atoms with E-state index in [1.165, 1.54) is 8.66 Å². The van der Waals surface area contributed by atoms with Crippen LogP contribution in [0.15, 0.2) is 15.9 Å². The van der Waals surface area contributed by atoms with Crippen molar-refractivity contribution in [1.29, 1.82) is 0 Å². The third-order valence-electron chi connectivity index (χ3n) is 3.16. The van der Waals surface area contributed by atoms with E-state index in [4.69, 9.17) is 5.73 Å².